The Labute approximate surface area is 148 Å². The number of sulfonamides is 1. The predicted molar refractivity (Wildman–Crippen MR) is 92.4 cm³/mol. The molecule has 1 aromatic heterocycles. The van der Waals surface area contributed by atoms with Crippen LogP contribution in [0.2, 0.25) is 0 Å². The lowest BCUT2D eigenvalue weighted by Crippen LogP contribution is -2.59. The van der Waals surface area contributed by atoms with Crippen LogP contribution >= 0.6 is 0 Å². The van der Waals surface area contributed by atoms with E-state index >= 15 is 0 Å². The molecule has 2 aliphatic heterocycles. The van der Waals surface area contributed by atoms with E-state index in [2.05, 4.69) is 9.97 Å². The fourth-order valence-electron chi connectivity index (χ4n) is 4.17. The number of ether oxygens (including phenoxy) is 1. The molecule has 0 saturated carbocycles. The lowest BCUT2D eigenvalue weighted by molar-refractivity contribution is -0.144. The number of likely N-dealkylation sites (tertiary alicyclic amines) is 1. The minimum absolute atomic E-state index is 0.0242. The highest BCUT2D eigenvalue weighted by molar-refractivity contribution is 7.88. The Morgan fingerprint density at radius 3 is 2.64 bits per heavy atom. The van der Waals surface area contributed by atoms with E-state index in [0.717, 1.165) is 11.4 Å². The number of aromatic amines is 1. The molecule has 8 nitrogen and oxygen atoms in total. The van der Waals surface area contributed by atoms with Crippen molar-refractivity contribution in [2.45, 2.75) is 44.2 Å². The van der Waals surface area contributed by atoms with E-state index in [1.807, 2.05) is 6.92 Å². The smallest absolute Gasteiger partial charge is 0.251 e. The van der Waals surface area contributed by atoms with Crippen LogP contribution in [0.5, 0.6) is 0 Å². The molecule has 0 bridgehead atoms. The van der Waals surface area contributed by atoms with Crippen LogP contribution in [0.1, 0.15) is 37.6 Å². The number of hydrogen-bond donors (Lipinski definition) is 1. The van der Waals surface area contributed by atoms with Gasteiger partial charge < -0.3 is 14.6 Å². The van der Waals surface area contributed by atoms with Gasteiger partial charge in [-0.1, -0.05) is 6.92 Å². The van der Waals surface area contributed by atoms with Crippen molar-refractivity contribution in [3.8, 4) is 0 Å². The van der Waals surface area contributed by atoms with Gasteiger partial charge in [-0.2, -0.15) is 4.31 Å². The summed E-state index contributed by atoms with van der Waals surface area (Å²) in [5.41, 5.74) is 1.16. The maximum atomic E-state index is 12.6. The number of H-pyrrole nitrogens is 1. The molecule has 1 fully saturated rings. The van der Waals surface area contributed by atoms with Crippen molar-refractivity contribution in [2.75, 3.05) is 33.0 Å². The summed E-state index contributed by atoms with van der Waals surface area (Å²) in [6, 6.07) is 0. The summed E-state index contributed by atoms with van der Waals surface area (Å²) < 4.78 is 31.6. The maximum Gasteiger partial charge on any atom is 0.251 e. The number of nitrogens with one attached hydrogen (secondary N) is 1. The summed E-state index contributed by atoms with van der Waals surface area (Å²) in [5, 5.41) is 0. The van der Waals surface area contributed by atoms with Gasteiger partial charge in [0, 0.05) is 38.9 Å². The summed E-state index contributed by atoms with van der Waals surface area (Å²) in [6.45, 7) is 3.35. The second-order valence-electron chi connectivity index (χ2n) is 6.80. The molecule has 1 unspecified atom stereocenters. The molecule has 9 heteroatoms. The summed E-state index contributed by atoms with van der Waals surface area (Å²) in [4.78, 5) is 21.9. The second kappa shape index (κ2) is 6.69. The molecule has 1 spiro atoms. The highest BCUT2D eigenvalue weighted by Crippen LogP contribution is 2.43. The first-order valence-corrected chi connectivity index (χ1v) is 10.5. The number of methoxy groups -OCH3 is 1. The first-order chi connectivity index (χ1) is 11.8. The van der Waals surface area contributed by atoms with Crippen molar-refractivity contribution in [2.24, 2.45) is 0 Å². The molecule has 25 heavy (non-hydrogen) atoms. The minimum Gasteiger partial charge on any atom is -0.372 e. The van der Waals surface area contributed by atoms with Crippen LogP contribution in [0.3, 0.4) is 0 Å². The summed E-state index contributed by atoms with van der Waals surface area (Å²) in [7, 11) is -1.82. The minimum atomic E-state index is -3.37. The monoisotopic (exact) mass is 370 g/mol. The molecule has 2 aliphatic rings. The molecule has 1 saturated heterocycles. The van der Waals surface area contributed by atoms with E-state index in [0.29, 0.717) is 45.3 Å². The Balaban J connectivity index is 1.88. The summed E-state index contributed by atoms with van der Waals surface area (Å²) >= 11 is 0. The Bertz CT molecular complexity index is 733. The molecule has 1 aromatic rings. The molecule has 1 N–H and O–H groups in total. The molecular weight excluding hydrogens is 344 g/mol. The molecule has 0 aliphatic carbocycles. The number of hydrogen-bond acceptors (Lipinski definition) is 5. The van der Waals surface area contributed by atoms with Crippen LogP contribution in [0.25, 0.3) is 0 Å². The van der Waals surface area contributed by atoms with Crippen LogP contribution < -0.4 is 0 Å². The second-order valence-corrected chi connectivity index (χ2v) is 8.71. The fraction of sp³-hybridized carbons (Fsp3) is 0.750. The third kappa shape index (κ3) is 3.09. The highest BCUT2D eigenvalue weighted by atomic mass is 32.2. The number of nitrogens with zero attached hydrogens (tertiary/aromatic N) is 3. The van der Waals surface area contributed by atoms with Crippen molar-refractivity contribution >= 4 is 15.9 Å². The quantitative estimate of drug-likeness (QED) is 0.831. The van der Waals surface area contributed by atoms with Crippen LogP contribution in [-0.2, 0) is 31.5 Å². The van der Waals surface area contributed by atoms with Gasteiger partial charge >= 0.3 is 0 Å². The van der Waals surface area contributed by atoms with E-state index < -0.39 is 21.7 Å². The van der Waals surface area contributed by atoms with Crippen LogP contribution in [0.4, 0.5) is 0 Å². The van der Waals surface area contributed by atoms with Crippen LogP contribution in [0, 0.1) is 0 Å². The SMILES string of the molecule is CCC(OC)C(=O)N1CCC2(CC1)c1nc[nH]c1CCN2S(C)(=O)=O. The van der Waals surface area contributed by atoms with Gasteiger partial charge in [-0.25, -0.2) is 13.4 Å². The number of rotatable bonds is 4. The molecular formula is C16H26N4O4S. The van der Waals surface area contributed by atoms with Crippen LogP contribution in [-0.4, -0.2) is 72.6 Å². The first-order valence-electron chi connectivity index (χ1n) is 8.65. The molecule has 1 amide bonds. The normalized spacial score (nSPS) is 22.0. The third-order valence-corrected chi connectivity index (χ3v) is 6.77. The van der Waals surface area contributed by atoms with Gasteiger partial charge in [0.15, 0.2) is 0 Å². The predicted octanol–water partition coefficient (Wildman–Crippen LogP) is 0.470. The zero-order chi connectivity index (χ0) is 18.2. The topological polar surface area (TPSA) is 95.6 Å². The lowest BCUT2D eigenvalue weighted by atomic mass is 9.80. The fourth-order valence-corrected chi connectivity index (χ4v) is 5.50. The largest absolute Gasteiger partial charge is 0.372 e. The number of carbonyl (C=O) groups excluding carboxylic acids is 1. The van der Waals surface area contributed by atoms with Gasteiger partial charge in [-0.3, -0.25) is 4.79 Å². The number of amides is 1. The van der Waals surface area contributed by atoms with Gasteiger partial charge in [0.1, 0.15) is 6.10 Å². The Kier molecular flexibility index (Phi) is 4.91. The van der Waals surface area contributed by atoms with Gasteiger partial charge in [-0.05, 0) is 19.3 Å². The van der Waals surface area contributed by atoms with Gasteiger partial charge in [0.25, 0.3) is 5.91 Å². The average molecular weight is 370 g/mol. The van der Waals surface area contributed by atoms with Crippen LogP contribution in [0.15, 0.2) is 6.33 Å². The van der Waals surface area contributed by atoms with Gasteiger partial charge in [0.2, 0.25) is 10.0 Å². The number of piperidine rings is 1. The molecule has 140 valence electrons. The van der Waals surface area contributed by atoms with Crippen molar-refractivity contribution in [3.05, 3.63) is 17.7 Å². The number of fused-ring (bicyclic) bond motifs is 2. The number of carbonyl (C=O) groups is 1. The average Bonchev–Trinajstić information content (AvgIpc) is 3.05. The van der Waals surface area contributed by atoms with E-state index in [9.17, 15) is 13.2 Å². The highest BCUT2D eigenvalue weighted by Gasteiger charge is 2.50. The molecule has 1 atom stereocenters. The third-order valence-electron chi connectivity index (χ3n) is 5.43. The van der Waals surface area contributed by atoms with E-state index in [-0.39, 0.29) is 5.91 Å². The Hall–Kier alpha value is -1.45. The molecule has 0 radical (unpaired) electrons. The molecule has 0 aromatic carbocycles. The number of aromatic nitrogens is 2. The summed E-state index contributed by atoms with van der Waals surface area (Å²) in [6.07, 6.45) is 4.79. The maximum absolute atomic E-state index is 12.6. The molecule has 3 rings (SSSR count). The number of imidazole rings is 1. The zero-order valence-corrected chi connectivity index (χ0v) is 15.8. The van der Waals surface area contributed by atoms with Crippen molar-refractivity contribution in [1.82, 2.24) is 19.2 Å². The lowest BCUT2D eigenvalue weighted by Gasteiger charge is -2.49. The van der Waals surface area contributed by atoms with Crippen molar-refractivity contribution in [1.29, 1.82) is 0 Å². The van der Waals surface area contributed by atoms with Gasteiger partial charge in [0.05, 0.1) is 23.8 Å². The molecule has 3 heterocycles. The van der Waals surface area contributed by atoms with Crippen molar-refractivity contribution in [3.63, 3.8) is 0 Å². The van der Waals surface area contributed by atoms with E-state index in [1.54, 1.807) is 22.6 Å². The van der Waals surface area contributed by atoms with Crippen molar-refractivity contribution < 1.29 is 17.9 Å². The van der Waals surface area contributed by atoms with E-state index in [4.69, 9.17) is 4.74 Å². The standard InChI is InChI=1S/C16H26N4O4S/c1-4-13(24-2)15(21)19-9-6-16(7-10-19)14-12(17-11-18-14)5-8-20(16)25(3,22)23/h11,13H,4-10H2,1-3H3,(H,17,18). The Morgan fingerprint density at radius 2 is 2.08 bits per heavy atom. The van der Waals surface area contributed by atoms with E-state index in [1.165, 1.54) is 6.26 Å². The first kappa shape index (κ1) is 18.3. The zero-order valence-electron chi connectivity index (χ0n) is 15.0. The van der Waals surface area contributed by atoms with Gasteiger partial charge in [-0.15, -0.1) is 0 Å². The Morgan fingerprint density at radius 1 is 1.40 bits per heavy atom. The summed E-state index contributed by atoms with van der Waals surface area (Å²) in [5.74, 6) is -0.0242.